The lowest BCUT2D eigenvalue weighted by molar-refractivity contribution is -0.145. The third kappa shape index (κ3) is 22.5. The molecule has 20 N–H and O–H groups in total. The molecule has 8 amide bonds. The minimum atomic E-state index is -1.41. The maximum Gasteiger partial charge on any atom is 0.326 e. The fourth-order valence-corrected chi connectivity index (χ4v) is 8.49. The molecule has 82 heavy (non-hydrogen) atoms. The van der Waals surface area contributed by atoms with Crippen LogP contribution in [0.15, 0.2) is 67.1 Å². The first-order chi connectivity index (χ1) is 38.6. The third-order valence-corrected chi connectivity index (χ3v) is 13.2. The summed E-state index contributed by atoms with van der Waals surface area (Å²) in [5.74, 6) is -10.1. The van der Waals surface area contributed by atoms with E-state index in [1.165, 1.54) is 41.7 Å². The number of aromatic hydroxyl groups is 1. The van der Waals surface area contributed by atoms with Gasteiger partial charge < -0.3 is 85.4 Å². The lowest BCUT2D eigenvalue weighted by atomic mass is 9.98. The van der Waals surface area contributed by atoms with Gasteiger partial charge in [-0.1, -0.05) is 84.0 Å². The number of carboxylic acids is 2. The van der Waals surface area contributed by atoms with E-state index in [4.69, 9.17) is 33.5 Å². The second-order valence-electron chi connectivity index (χ2n) is 20.9. The molecule has 0 unspecified atom stereocenters. The Balaban J connectivity index is 0.00000204. The SMILES string of the molecule is CC(C)[C@H](N)C(=O)O.CC(C)[C@H](NC(=O)[C@H](CCCNC(=N)N)NC(=O)[C@@H](N)CC(N)=O)C(=O)N[C@@H](Cc1ccc(O)cc1)C(=O)N[C@H](C(=O)N[C@@H](Cc1cnc[nH]1)C(=O)N1CCC[C@H]1C(=O)N[C@@H](Cc1ccccc1)C(=O)O)C(C)C. The van der Waals surface area contributed by atoms with Gasteiger partial charge in [-0.2, -0.15) is 0 Å². The lowest BCUT2D eigenvalue weighted by Crippen LogP contribution is -2.62. The number of phenolic OH excluding ortho intramolecular Hbond substituents is 1. The number of H-pyrrole nitrogens is 1. The van der Waals surface area contributed by atoms with Crippen molar-refractivity contribution >= 4 is 65.2 Å². The summed E-state index contributed by atoms with van der Waals surface area (Å²) in [4.78, 5) is 140. The predicted octanol–water partition coefficient (Wildman–Crippen LogP) is -2.04. The summed E-state index contributed by atoms with van der Waals surface area (Å²) >= 11 is 0. The van der Waals surface area contributed by atoms with Gasteiger partial charge in [-0.3, -0.25) is 48.6 Å². The smallest absolute Gasteiger partial charge is 0.326 e. The molecular weight excluding hydrogens is 1070 g/mol. The average molecular weight is 1150 g/mol. The maximum absolute atomic E-state index is 14.5. The molecular formula is C54H81N15O13. The Kier molecular flexibility index (Phi) is 27.4. The van der Waals surface area contributed by atoms with Crippen molar-refractivity contribution in [2.45, 2.75) is 147 Å². The van der Waals surface area contributed by atoms with E-state index < -0.39 is 132 Å². The van der Waals surface area contributed by atoms with Crippen LogP contribution in [0.1, 0.15) is 90.5 Å². The van der Waals surface area contributed by atoms with Crippen LogP contribution in [-0.2, 0) is 67.2 Å². The minimum Gasteiger partial charge on any atom is -0.508 e. The first-order valence-corrected chi connectivity index (χ1v) is 26.8. The number of carboxylic acid groups (broad SMARTS) is 2. The highest BCUT2D eigenvalue weighted by Gasteiger charge is 2.41. The quantitative estimate of drug-likeness (QED) is 0.0194. The molecule has 1 fully saturated rings. The minimum absolute atomic E-state index is 0.000167. The normalized spacial score (nSPS) is 15.8. The molecule has 2 aromatic carbocycles. The second-order valence-corrected chi connectivity index (χ2v) is 20.9. The Morgan fingerprint density at radius 3 is 1.72 bits per heavy atom. The number of hydrogen-bond donors (Lipinski definition) is 16. The zero-order valence-corrected chi connectivity index (χ0v) is 47.0. The number of aromatic amines is 1. The Morgan fingerprint density at radius 2 is 1.22 bits per heavy atom. The molecule has 4 rings (SSSR count). The van der Waals surface area contributed by atoms with Crippen molar-refractivity contribution in [3.63, 3.8) is 0 Å². The number of amides is 8. The fourth-order valence-electron chi connectivity index (χ4n) is 8.49. The summed E-state index contributed by atoms with van der Waals surface area (Å²) < 4.78 is 0. The summed E-state index contributed by atoms with van der Waals surface area (Å²) in [6.07, 6.45) is 2.87. The molecule has 1 aliphatic rings. The van der Waals surface area contributed by atoms with E-state index in [1.807, 2.05) is 0 Å². The van der Waals surface area contributed by atoms with Crippen LogP contribution in [0.4, 0.5) is 0 Å². The number of nitrogens with zero attached hydrogens (tertiary/aromatic N) is 2. The van der Waals surface area contributed by atoms with E-state index in [0.29, 0.717) is 23.2 Å². The molecule has 0 saturated carbocycles. The predicted molar refractivity (Wildman–Crippen MR) is 299 cm³/mol. The maximum atomic E-state index is 14.5. The fraction of sp³-hybridized carbons (Fsp3) is 0.519. The van der Waals surface area contributed by atoms with E-state index in [0.717, 1.165) is 0 Å². The lowest BCUT2D eigenvalue weighted by Gasteiger charge is -2.31. The zero-order chi connectivity index (χ0) is 61.4. The van der Waals surface area contributed by atoms with Crippen molar-refractivity contribution in [2.24, 2.45) is 40.7 Å². The summed E-state index contributed by atoms with van der Waals surface area (Å²) in [5.41, 5.74) is 23.2. The number of rotatable bonds is 30. The molecule has 2 heterocycles. The molecule has 9 atom stereocenters. The molecule has 0 radical (unpaired) electrons. The summed E-state index contributed by atoms with van der Waals surface area (Å²) in [7, 11) is 0. The molecule has 0 spiro atoms. The van der Waals surface area contributed by atoms with Crippen LogP contribution in [0.2, 0.25) is 0 Å². The zero-order valence-electron chi connectivity index (χ0n) is 47.0. The number of benzene rings is 2. The van der Waals surface area contributed by atoms with Crippen LogP contribution < -0.4 is 60.2 Å². The number of nitrogens with two attached hydrogens (primary N) is 4. The first kappa shape index (κ1) is 67.6. The van der Waals surface area contributed by atoms with Gasteiger partial charge >= 0.3 is 11.9 Å². The number of nitrogens with one attached hydrogen (secondary N) is 9. The molecule has 28 heteroatoms. The molecule has 3 aromatic rings. The monoisotopic (exact) mass is 1150 g/mol. The number of carbonyl (C=O) groups is 10. The first-order valence-electron chi connectivity index (χ1n) is 26.8. The topological polar surface area (TPSA) is 475 Å². The highest BCUT2D eigenvalue weighted by atomic mass is 16.4. The Bertz CT molecular complexity index is 2640. The van der Waals surface area contributed by atoms with Crippen LogP contribution in [0.25, 0.3) is 0 Å². The highest BCUT2D eigenvalue weighted by molar-refractivity contribution is 5.98. The van der Waals surface area contributed by atoms with Crippen molar-refractivity contribution in [1.82, 2.24) is 52.1 Å². The summed E-state index contributed by atoms with van der Waals surface area (Å²) in [6.45, 7) is 10.4. The molecule has 450 valence electrons. The molecule has 1 aromatic heterocycles. The van der Waals surface area contributed by atoms with Crippen molar-refractivity contribution in [2.75, 3.05) is 13.1 Å². The van der Waals surface area contributed by atoms with Crippen LogP contribution in [0.5, 0.6) is 5.75 Å². The van der Waals surface area contributed by atoms with Crippen molar-refractivity contribution in [3.05, 3.63) is 83.9 Å². The van der Waals surface area contributed by atoms with Gasteiger partial charge in [0.05, 0.1) is 18.8 Å². The van der Waals surface area contributed by atoms with Crippen LogP contribution in [0, 0.1) is 23.2 Å². The second kappa shape index (κ2) is 33.2. The van der Waals surface area contributed by atoms with E-state index in [2.05, 4.69) is 47.2 Å². The van der Waals surface area contributed by atoms with Gasteiger partial charge in [0.2, 0.25) is 47.3 Å². The number of phenols is 1. The van der Waals surface area contributed by atoms with Crippen molar-refractivity contribution in [1.29, 1.82) is 5.41 Å². The third-order valence-electron chi connectivity index (χ3n) is 13.2. The number of guanidine groups is 1. The standard InChI is InChI=1S/C49H70N14O11.C5H11NO2/c1-26(2)39(61-42(67)33(12-8-18-55-49(52)53)57-41(66)32(50)23-38(51)65)45(70)58-34(20-29-14-16-31(64)17-15-29)43(68)62-40(27(3)4)46(71)59-35(22-30-24-54-25-56-30)47(72)63-19-9-13-37(63)44(69)60-36(48(73)74)21-28-10-6-5-7-11-28;1-3(2)4(6)5(7)8/h5-7,10-11,14-17,24-27,32-37,39-40,64H,8-9,12-13,18-23,50H2,1-4H3,(H2,51,65)(H,54,56)(H,57,66)(H,58,70)(H,59,71)(H,60,69)(H,61,67)(H,62,68)(H,73,74)(H4,52,53,55);3-4H,6H2,1-2H3,(H,7,8)/t32-,33-,34-,35-,36-,37-,39-,40-;4-/m00/s1. The van der Waals surface area contributed by atoms with Gasteiger partial charge in [-0.25, -0.2) is 9.78 Å². The van der Waals surface area contributed by atoms with Crippen LogP contribution >= 0.6 is 0 Å². The Morgan fingerprint density at radius 1 is 0.671 bits per heavy atom. The number of primary amides is 1. The largest absolute Gasteiger partial charge is 0.508 e. The number of aromatic nitrogens is 2. The number of imidazole rings is 1. The van der Waals surface area contributed by atoms with Crippen LogP contribution in [-0.4, -0.2) is 163 Å². The molecule has 0 aliphatic carbocycles. The Hall–Kier alpha value is -8.66. The van der Waals surface area contributed by atoms with Gasteiger partial charge in [0.15, 0.2) is 5.96 Å². The van der Waals surface area contributed by atoms with E-state index in [1.54, 1.807) is 71.9 Å². The van der Waals surface area contributed by atoms with E-state index in [9.17, 15) is 58.2 Å². The number of hydrogen-bond acceptors (Lipinski definition) is 15. The number of carbonyl (C=O) groups excluding carboxylic acids is 8. The molecule has 1 aliphatic heterocycles. The number of aliphatic carboxylic acids is 2. The van der Waals surface area contributed by atoms with Gasteiger partial charge in [0, 0.05) is 44.2 Å². The van der Waals surface area contributed by atoms with Gasteiger partial charge in [0.1, 0.15) is 54.1 Å². The Labute approximate surface area is 475 Å². The molecule has 1 saturated heterocycles. The van der Waals surface area contributed by atoms with Gasteiger partial charge in [0.25, 0.3) is 0 Å². The summed E-state index contributed by atoms with van der Waals surface area (Å²) in [6, 6.07) is 3.44. The van der Waals surface area contributed by atoms with Crippen molar-refractivity contribution < 1.29 is 63.3 Å². The average Bonchev–Trinajstić information content (AvgIpc) is 4.18. The molecule has 28 nitrogen and oxygen atoms in total. The van der Waals surface area contributed by atoms with Crippen LogP contribution in [0.3, 0.4) is 0 Å². The highest BCUT2D eigenvalue weighted by Crippen LogP contribution is 2.21. The van der Waals surface area contributed by atoms with E-state index in [-0.39, 0.29) is 69.2 Å². The molecule has 0 bridgehead atoms. The number of likely N-dealkylation sites (tertiary alicyclic amines) is 1. The summed E-state index contributed by atoms with van der Waals surface area (Å²) in [5, 5.41) is 54.1. The van der Waals surface area contributed by atoms with Gasteiger partial charge in [-0.15, -0.1) is 0 Å². The van der Waals surface area contributed by atoms with Crippen molar-refractivity contribution in [3.8, 4) is 5.75 Å². The van der Waals surface area contributed by atoms with E-state index >= 15 is 0 Å². The van der Waals surface area contributed by atoms with Gasteiger partial charge in [-0.05, 0) is 66.7 Å².